The second kappa shape index (κ2) is 9.65. The molecule has 0 heterocycles. The van der Waals surface area contributed by atoms with Crippen LogP contribution in [0.25, 0.3) is 0 Å². The molecule has 1 amide bonds. The highest BCUT2D eigenvalue weighted by Crippen LogP contribution is 2.32. The van der Waals surface area contributed by atoms with Gasteiger partial charge in [0.05, 0.1) is 16.8 Å². The molecule has 0 unspecified atom stereocenters. The van der Waals surface area contributed by atoms with Crippen LogP contribution in [0.1, 0.15) is 48.0 Å². The summed E-state index contributed by atoms with van der Waals surface area (Å²) in [5.74, 6) is -1.09. The number of hydrogen-bond donors (Lipinski definition) is 2. The van der Waals surface area contributed by atoms with Crippen molar-refractivity contribution >= 4 is 23.3 Å². The molecular formula is C22H23F3N2O3. The first-order chi connectivity index (χ1) is 14.3. The highest BCUT2D eigenvalue weighted by Gasteiger charge is 2.30. The normalized spacial score (nSPS) is 14.8. The van der Waals surface area contributed by atoms with Crippen molar-refractivity contribution < 1.29 is 27.5 Å². The molecule has 0 aromatic heterocycles. The minimum absolute atomic E-state index is 0.111. The Labute approximate surface area is 172 Å². The molecule has 1 aliphatic carbocycles. The number of ether oxygens (including phenoxy) is 1. The van der Waals surface area contributed by atoms with Crippen molar-refractivity contribution in [2.24, 2.45) is 0 Å². The summed E-state index contributed by atoms with van der Waals surface area (Å²) >= 11 is 0. The molecule has 1 fully saturated rings. The van der Waals surface area contributed by atoms with Crippen LogP contribution in [0.5, 0.6) is 0 Å². The largest absolute Gasteiger partial charge is 0.452 e. The standard InChI is InChI=1S/C22H23F3N2O3/c23-22(24,25)15-7-6-10-17(13-15)26-19-12-5-4-11-18(19)21(29)30-14-20(28)27-16-8-2-1-3-9-16/h4-7,10-13,16,26H,1-3,8-9,14H2,(H,27,28). The summed E-state index contributed by atoms with van der Waals surface area (Å²) in [6.07, 6.45) is 0.671. The second-order valence-electron chi connectivity index (χ2n) is 7.23. The minimum Gasteiger partial charge on any atom is -0.452 e. The quantitative estimate of drug-likeness (QED) is 0.642. The number of benzene rings is 2. The van der Waals surface area contributed by atoms with Gasteiger partial charge < -0.3 is 15.4 Å². The Morgan fingerprint density at radius 2 is 1.73 bits per heavy atom. The number of nitrogens with one attached hydrogen (secondary N) is 2. The van der Waals surface area contributed by atoms with Gasteiger partial charge in [-0.3, -0.25) is 4.79 Å². The molecule has 30 heavy (non-hydrogen) atoms. The maximum Gasteiger partial charge on any atom is 0.416 e. The van der Waals surface area contributed by atoms with E-state index in [4.69, 9.17) is 4.74 Å². The molecule has 0 spiro atoms. The van der Waals surface area contributed by atoms with E-state index in [-0.39, 0.29) is 28.9 Å². The van der Waals surface area contributed by atoms with Crippen molar-refractivity contribution in [1.29, 1.82) is 0 Å². The minimum atomic E-state index is -4.47. The van der Waals surface area contributed by atoms with E-state index >= 15 is 0 Å². The molecule has 160 valence electrons. The summed E-state index contributed by atoms with van der Waals surface area (Å²) < 4.78 is 43.9. The predicted molar refractivity (Wildman–Crippen MR) is 106 cm³/mol. The molecule has 0 aliphatic heterocycles. The first kappa shape index (κ1) is 21.7. The van der Waals surface area contributed by atoms with Gasteiger partial charge >= 0.3 is 12.1 Å². The zero-order valence-electron chi connectivity index (χ0n) is 16.3. The van der Waals surface area contributed by atoms with E-state index in [1.54, 1.807) is 18.2 Å². The van der Waals surface area contributed by atoms with Crippen LogP contribution in [0.4, 0.5) is 24.5 Å². The van der Waals surface area contributed by atoms with Crippen LogP contribution in [0.15, 0.2) is 48.5 Å². The number of esters is 1. The first-order valence-corrected chi connectivity index (χ1v) is 9.83. The smallest absolute Gasteiger partial charge is 0.416 e. The molecule has 2 aromatic carbocycles. The Morgan fingerprint density at radius 1 is 1.00 bits per heavy atom. The third-order valence-corrected chi connectivity index (χ3v) is 4.92. The van der Waals surface area contributed by atoms with Gasteiger partial charge in [0.1, 0.15) is 0 Å². The topological polar surface area (TPSA) is 67.4 Å². The Balaban J connectivity index is 1.63. The van der Waals surface area contributed by atoms with Crippen molar-refractivity contribution in [2.45, 2.75) is 44.3 Å². The highest BCUT2D eigenvalue weighted by atomic mass is 19.4. The van der Waals surface area contributed by atoms with Gasteiger partial charge in [-0.2, -0.15) is 13.2 Å². The van der Waals surface area contributed by atoms with Crippen LogP contribution in [0, 0.1) is 0 Å². The molecule has 5 nitrogen and oxygen atoms in total. The zero-order valence-corrected chi connectivity index (χ0v) is 16.3. The summed E-state index contributed by atoms with van der Waals surface area (Å²) in [6, 6.07) is 11.1. The lowest BCUT2D eigenvalue weighted by Gasteiger charge is -2.22. The molecule has 8 heteroatoms. The van der Waals surface area contributed by atoms with Gasteiger partial charge in [0.15, 0.2) is 6.61 Å². The Bertz CT molecular complexity index is 893. The molecule has 0 radical (unpaired) electrons. The lowest BCUT2D eigenvalue weighted by atomic mass is 9.95. The van der Waals surface area contributed by atoms with E-state index in [1.807, 2.05) is 0 Å². The Kier molecular flexibility index (Phi) is 6.97. The number of halogens is 3. The fraction of sp³-hybridized carbons (Fsp3) is 0.364. The lowest BCUT2D eigenvalue weighted by Crippen LogP contribution is -2.38. The van der Waals surface area contributed by atoms with Gasteiger partial charge in [0.25, 0.3) is 5.91 Å². The third kappa shape index (κ3) is 5.98. The van der Waals surface area contributed by atoms with Crippen molar-refractivity contribution in [2.75, 3.05) is 11.9 Å². The molecular weight excluding hydrogens is 397 g/mol. The monoisotopic (exact) mass is 420 g/mol. The molecule has 0 bridgehead atoms. The van der Waals surface area contributed by atoms with Crippen LogP contribution < -0.4 is 10.6 Å². The van der Waals surface area contributed by atoms with E-state index < -0.39 is 24.3 Å². The molecule has 0 atom stereocenters. The SMILES string of the molecule is O=C(COC(=O)c1ccccc1Nc1cccc(C(F)(F)F)c1)NC1CCCCC1. The van der Waals surface area contributed by atoms with Crippen molar-refractivity contribution in [3.8, 4) is 0 Å². The number of para-hydroxylation sites is 1. The van der Waals surface area contributed by atoms with Crippen molar-refractivity contribution in [3.05, 3.63) is 59.7 Å². The summed E-state index contributed by atoms with van der Waals surface area (Å²) in [5.41, 5.74) is -0.207. The van der Waals surface area contributed by atoms with Gasteiger partial charge in [-0.25, -0.2) is 4.79 Å². The average Bonchev–Trinajstić information content (AvgIpc) is 2.73. The highest BCUT2D eigenvalue weighted by molar-refractivity contribution is 5.97. The maximum atomic E-state index is 12.9. The van der Waals surface area contributed by atoms with Gasteiger partial charge in [0, 0.05) is 11.7 Å². The summed E-state index contributed by atoms with van der Waals surface area (Å²) in [5, 5.41) is 5.68. The first-order valence-electron chi connectivity index (χ1n) is 9.83. The summed E-state index contributed by atoms with van der Waals surface area (Å²) in [4.78, 5) is 24.5. The molecule has 1 saturated carbocycles. The van der Waals surface area contributed by atoms with Crippen LogP contribution >= 0.6 is 0 Å². The molecule has 1 aliphatic rings. The fourth-order valence-electron chi connectivity index (χ4n) is 3.42. The summed E-state index contributed by atoms with van der Waals surface area (Å²) in [6.45, 7) is -0.409. The Hall–Kier alpha value is -3.03. The van der Waals surface area contributed by atoms with Gasteiger partial charge in [-0.05, 0) is 43.2 Å². The number of amides is 1. The maximum absolute atomic E-state index is 12.9. The number of anilines is 2. The second-order valence-corrected chi connectivity index (χ2v) is 7.23. The van der Waals surface area contributed by atoms with Gasteiger partial charge in [-0.1, -0.05) is 37.5 Å². The van der Waals surface area contributed by atoms with Crippen molar-refractivity contribution in [1.82, 2.24) is 5.32 Å². The predicted octanol–water partition coefficient (Wildman–Crippen LogP) is 5.05. The van der Waals surface area contributed by atoms with Gasteiger partial charge in [0.2, 0.25) is 0 Å². The number of carbonyl (C=O) groups is 2. The molecule has 0 saturated heterocycles. The number of alkyl halides is 3. The molecule has 2 aromatic rings. The zero-order chi connectivity index (χ0) is 21.6. The van der Waals surface area contributed by atoms with Crippen LogP contribution in [0.2, 0.25) is 0 Å². The van der Waals surface area contributed by atoms with Crippen LogP contribution in [-0.4, -0.2) is 24.5 Å². The molecule has 2 N–H and O–H groups in total. The van der Waals surface area contributed by atoms with Crippen LogP contribution in [0.3, 0.4) is 0 Å². The Morgan fingerprint density at radius 3 is 2.47 bits per heavy atom. The van der Waals surface area contributed by atoms with Crippen LogP contribution in [-0.2, 0) is 15.7 Å². The van der Waals surface area contributed by atoms with E-state index in [0.717, 1.165) is 44.2 Å². The van der Waals surface area contributed by atoms with Crippen molar-refractivity contribution in [3.63, 3.8) is 0 Å². The van der Waals surface area contributed by atoms with E-state index in [9.17, 15) is 22.8 Å². The average molecular weight is 420 g/mol. The van der Waals surface area contributed by atoms with E-state index in [2.05, 4.69) is 10.6 Å². The third-order valence-electron chi connectivity index (χ3n) is 4.92. The lowest BCUT2D eigenvalue weighted by molar-refractivity contribution is -0.137. The molecule has 3 rings (SSSR count). The van der Waals surface area contributed by atoms with E-state index in [0.29, 0.717) is 0 Å². The van der Waals surface area contributed by atoms with Gasteiger partial charge in [-0.15, -0.1) is 0 Å². The van der Waals surface area contributed by atoms with E-state index in [1.165, 1.54) is 18.2 Å². The fourth-order valence-corrected chi connectivity index (χ4v) is 3.42. The number of hydrogen-bond acceptors (Lipinski definition) is 4. The number of rotatable bonds is 6. The summed E-state index contributed by atoms with van der Waals surface area (Å²) in [7, 11) is 0. The number of carbonyl (C=O) groups excluding carboxylic acids is 2.